The van der Waals surface area contributed by atoms with Gasteiger partial charge in [0.2, 0.25) is 0 Å². The van der Waals surface area contributed by atoms with Crippen LogP contribution in [0.1, 0.15) is 0 Å². The molecule has 0 N–H and O–H groups in total. The molecule has 0 aliphatic rings. The van der Waals surface area contributed by atoms with Crippen molar-refractivity contribution in [2.45, 2.75) is 0 Å². The molecule has 0 bridgehead atoms. The van der Waals surface area contributed by atoms with Crippen LogP contribution in [0.25, 0.3) is 0 Å². The molecule has 0 amide bonds. The fourth-order valence-corrected chi connectivity index (χ4v) is 0. The van der Waals surface area contributed by atoms with Gasteiger partial charge in [-0.3, -0.25) is 8.42 Å². The van der Waals surface area contributed by atoms with E-state index < -0.39 is 10.4 Å². The second-order valence-electron chi connectivity index (χ2n) is 0.408. The van der Waals surface area contributed by atoms with Crippen LogP contribution >= 0.6 is 0 Å². The van der Waals surface area contributed by atoms with Crippen LogP contribution in [0.4, 0.5) is 0 Å². The maximum absolute atomic E-state index is 8.52. The molecule has 0 saturated carbocycles. The molecule has 4 nitrogen and oxygen atoms in total. The summed E-state index contributed by atoms with van der Waals surface area (Å²) in [7, 11) is -5.17. The first kappa shape index (κ1) is 29.2. The van der Waals surface area contributed by atoms with E-state index in [2.05, 4.69) is 23.3 Å². The zero-order valence-corrected chi connectivity index (χ0v) is 15.3. The SMILES string of the molecule is O=S(=O)([O-])[O-].[Ba+2].[Mo].[Mo].[S-][S-]. The number of hydrogen-bond donors (Lipinski definition) is 0. The fourth-order valence-electron chi connectivity index (χ4n) is 0. The maximum atomic E-state index is 8.52. The summed E-state index contributed by atoms with van der Waals surface area (Å²) in [6.45, 7) is 0. The molecule has 0 atom stereocenters. The summed E-state index contributed by atoms with van der Waals surface area (Å²) >= 11 is 7.33. The van der Waals surface area contributed by atoms with Crippen LogP contribution in [-0.2, 0) is 75.9 Å². The van der Waals surface area contributed by atoms with Gasteiger partial charge in [0.05, 0.1) is 0 Å². The van der Waals surface area contributed by atoms with Crippen LogP contribution in [0.15, 0.2) is 0 Å². The van der Waals surface area contributed by atoms with Crippen molar-refractivity contribution in [2.24, 2.45) is 0 Å². The van der Waals surface area contributed by atoms with Gasteiger partial charge in [0, 0.05) is 52.5 Å². The molecule has 0 aliphatic carbocycles. The van der Waals surface area contributed by atoms with E-state index >= 15 is 0 Å². The first-order valence-electron chi connectivity index (χ1n) is 0.833. The molecule has 10 heteroatoms. The van der Waals surface area contributed by atoms with E-state index in [0.29, 0.717) is 0 Å². The zero-order chi connectivity index (χ0) is 6.50. The maximum Gasteiger partial charge on any atom is 2.00 e. The van der Waals surface area contributed by atoms with Crippen LogP contribution in [0.5, 0.6) is 0 Å². The number of hydrogen-bond acceptors (Lipinski definition) is 6. The smallest absolute Gasteiger partial charge is 1.00 e. The van der Waals surface area contributed by atoms with Crippen molar-refractivity contribution in [1.29, 1.82) is 0 Å². The van der Waals surface area contributed by atoms with Crippen molar-refractivity contribution in [2.75, 3.05) is 0 Å². The molecule has 0 saturated heterocycles. The van der Waals surface area contributed by atoms with Gasteiger partial charge in [-0.15, -0.1) is 0 Å². The van der Waals surface area contributed by atoms with Gasteiger partial charge in [-0.05, 0) is 0 Å². The van der Waals surface area contributed by atoms with Crippen LogP contribution < -0.4 is 0 Å². The Kier molecular flexibility index (Phi) is 53.5. The van der Waals surface area contributed by atoms with E-state index in [1.165, 1.54) is 0 Å². The third-order valence-corrected chi connectivity index (χ3v) is 0. The Bertz CT molecular complexity index is 102. The third-order valence-electron chi connectivity index (χ3n) is 0. The van der Waals surface area contributed by atoms with E-state index in [0.717, 1.165) is 0 Å². The first-order valence-corrected chi connectivity index (χ1v) is 3.50. The average Bonchev–Trinajstić information content (AvgIpc) is 1.36. The number of rotatable bonds is 0. The molecule has 0 aliphatic heterocycles. The van der Waals surface area contributed by atoms with Gasteiger partial charge in [-0.25, -0.2) is 0 Å². The Labute approximate surface area is 139 Å². The minimum atomic E-state index is -5.17. The molecule has 0 spiro atoms. The van der Waals surface area contributed by atoms with E-state index in [-0.39, 0.29) is 91.0 Å². The topological polar surface area (TPSA) is 80.3 Å². The van der Waals surface area contributed by atoms with Crippen LogP contribution in [-0.4, -0.2) is 66.4 Å². The summed E-state index contributed by atoms with van der Waals surface area (Å²) in [6, 6.07) is 0. The molecule has 0 radical (unpaired) electrons. The normalized spacial score (nSPS) is 6.40. The van der Waals surface area contributed by atoms with Crippen molar-refractivity contribution in [3.63, 3.8) is 0 Å². The van der Waals surface area contributed by atoms with Crippen molar-refractivity contribution < 1.29 is 59.7 Å². The van der Waals surface area contributed by atoms with E-state index in [1.807, 2.05) is 0 Å². The van der Waals surface area contributed by atoms with Crippen molar-refractivity contribution in [3.8, 4) is 0 Å². The van der Waals surface area contributed by atoms with Gasteiger partial charge in [0.25, 0.3) is 0 Å². The average molecular weight is 489 g/mol. The third kappa shape index (κ3) is 103. The molecule has 0 fully saturated rings. The molecular formula is BaMo2O4S3-2. The molecule has 0 aromatic carbocycles. The summed E-state index contributed by atoms with van der Waals surface area (Å²) in [5.74, 6) is 0. The largest absolute Gasteiger partial charge is 2.00 e. The second kappa shape index (κ2) is 18.3. The van der Waals surface area contributed by atoms with E-state index in [1.54, 1.807) is 0 Å². The Hall–Kier alpha value is 3.52. The van der Waals surface area contributed by atoms with Gasteiger partial charge in [0.15, 0.2) is 0 Å². The Morgan fingerprint density at radius 1 is 1.00 bits per heavy atom. The summed E-state index contributed by atoms with van der Waals surface area (Å²) in [5.41, 5.74) is 0. The van der Waals surface area contributed by atoms with Crippen LogP contribution in [0, 0.1) is 0 Å². The molecule has 0 unspecified atom stereocenters. The molecule has 0 aromatic heterocycles. The quantitative estimate of drug-likeness (QED) is 0.132. The zero-order valence-electron chi connectivity index (χ0n) is 4.38. The van der Waals surface area contributed by atoms with E-state index in [4.69, 9.17) is 17.5 Å². The van der Waals surface area contributed by atoms with Gasteiger partial charge >= 0.3 is 48.9 Å². The summed E-state index contributed by atoms with van der Waals surface area (Å²) < 4.78 is 34.1. The molecular weight excluding hydrogens is 489 g/mol. The summed E-state index contributed by atoms with van der Waals surface area (Å²) in [4.78, 5) is 0. The van der Waals surface area contributed by atoms with Crippen molar-refractivity contribution in [3.05, 3.63) is 0 Å². The van der Waals surface area contributed by atoms with Crippen molar-refractivity contribution in [1.82, 2.24) is 0 Å². The Morgan fingerprint density at radius 3 is 1.00 bits per heavy atom. The van der Waals surface area contributed by atoms with E-state index in [9.17, 15) is 0 Å². The first-order chi connectivity index (χ1) is 3.00. The van der Waals surface area contributed by atoms with Crippen molar-refractivity contribution >= 4 is 82.6 Å². The predicted octanol–water partition coefficient (Wildman–Crippen LogP) is -1.73. The van der Waals surface area contributed by atoms with Gasteiger partial charge < -0.3 is 32.4 Å². The molecule has 0 aromatic rings. The standard InChI is InChI=1S/Ba.2Mo.H2O4S.S2/c;;;1-5(2,3)4;1-2/h;;;(H2,1,2,3,4);/q+2;;;;-2/p-2. The molecule has 10 heavy (non-hydrogen) atoms. The monoisotopic (exact) mass is 494 g/mol. The molecule has 0 rings (SSSR count). The van der Waals surface area contributed by atoms with Crippen LogP contribution in [0.2, 0.25) is 0 Å². The summed E-state index contributed by atoms with van der Waals surface area (Å²) in [6.07, 6.45) is 0. The second-order valence-corrected chi connectivity index (χ2v) is 1.22. The minimum absolute atomic E-state index is 0. The van der Waals surface area contributed by atoms with Gasteiger partial charge in [-0.1, -0.05) is 0 Å². The fraction of sp³-hybridized carbons (Fsp3) is 0. The minimum Gasteiger partial charge on any atom is -1.00 e. The summed E-state index contributed by atoms with van der Waals surface area (Å²) in [5, 5.41) is 0. The van der Waals surface area contributed by atoms with Crippen LogP contribution in [0.3, 0.4) is 0 Å². The predicted molar refractivity (Wildman–Crippen MR) is 31.0 cm³/mol. The van der Waals surface area contributed by atoms with Gasteiger partial charge in [-0.2, -0.15) is 0 Å². The van der Waals surface area contributed by atoms with Gasteiger partial charge in [0.1, 0.15) is 0 Å². The molecule has 0 heterocycles. The Morgan fingerprint density at radius 2 is 1.00 bits per heavy atom. The molecule has 58 valence electrons. The Balaban J connectivity index is -0.0000000154.